The van der Waals surface area contributed by atoms with Crippen molar-refractivity contribution in [3.05, 3.63) is 52.3 Å². The fourth-order valence-electron chi connectivity index (χ4n) is 3.46. The van der Waals surface area contributed by atoms with E-state index in [1.807, 2.05) is 13.8 Å². The van der Waals surface area contributed by atoms with Crippen molar-refractivity contribution in [2.24, 2.45) is 0 Å². The van der Waals surface area contributed by atoms with Gasteiger partial charge in [-0.1, -0.05) is 6.07 Å². The highest BCUT2D eigenvalue weighted by Crippen LogP contribution is 2.31. The summed E-state index contributed by atoms with van der Waals surface area (Å²) in [5.41, 5.74) is 3.06. The number of amides is 1. The first kappa shape index (κ1) is 16.6. The number of carbonyl (C=O) groups is 1. The average Bonchev–Trinajstić information content (AvgIpc) is 3.13. The second-order valence-electron chi connectivity index (χ2n) is 6.37. The van der Waals surface area contributed by atoms with Crippen LogP contribution >= 0.6 is 0 Å². The lowest BCUT2D eigenvalue weighted by molar-refractivity contribution is -0.130. The summed E-state index contributed by atoms with van der Waals surface area (Å²) in [7, 11) is 0. The van der Waals surface area contributed by atoms with Gasteiger partial charge in [-0.25, -0.2) is 8.78 Å². The van der Waals surface area contributed by atoms with Crippen molar-refractivity contribution in [2.45, 2.75) is 39.0 Å². The molecule has 1 aliphatic heterocycles. The highest BCUT2D eigenvalue weighted by Gasteiger charge is 2.30. The van der Waals surface area contributed by atoms with Gasteiger partial charge >= 0.3 is 0 Å². The molecule has 6 heteroatoms. The summed E-state index contributed by atoms with van der Waals surface area (Å²) in [5.74, 6) is -1.31. The molecule has 1 N–H and O–H groups in total. The predicted molar refractivity (Wildman–Crippen MR) is 86.7 cm³/mol. The highest BCUT2D eigenvalue weighted by molar-refractivity contribution is 5.77. The molecule has 1 aromatic carbocycles. The SMILES string of the molecule is Cc1n[nH]c(C)c1CCC(=O)N1CCC(c2c(F)cccc2F)C1. The van der Waals surface area contributed by atoms with Crippen LogP contribution in [-0.2, 0) is 11.2 Å². The minimum Gasteiger partial charge on any atom is -0.342 e. The topological polar surface area (TPSA) is 49.0 Å². The van der Waals surface area contributed by atoms with Crippen molar-refractivity contribution < 1.29 is 13.6 Å². The van der Waals surface area contributed by atoms with Crippen LogP contribution in [0.2, 0.25) is 0 Å². The van der Waals surface area contributed by atoms with Crippen LogP contribution in [0, 0.1) is 25.5 Å². The van der Waals surface area contributed by atoms with E-state index in [9.17, 15) is 13.6 Å². The second kappa shape index (κ2) is 6.71. The summed E-state index contributed by atoms with van der Waals surface area (Å²) in [5, 5.41) is 7.04. The molecule has 0 saturated carbocycles. The van der Waals surface area contributed by atoms with Gasteiger partial charge in [0.25, 0.3) is 0 Å². The fourth-order valence-corrected chi connectivity index (χ4v) is 3.46. The van der Waals surface area contributed by atoms with E-state index in [0.29, 0.717) is 32.4 Å². The van der Waals surface area contributed by atoms with Gasteiger partial charge in [0.15, 0.2) is 0 Å². The van der Waals surface area contributed by atoms with Crippen molar-refractivity contribution in [2.75, 3.05) is 13.1 Å². The molecule has 1 atom stereocenters. The number of benzene rings is 1. The summed E-state index contributed by atoms with van der Waals surface area (Å²) in [6.07, 6.45) is 1.60. The molecule has 1 aliphatic rings. The van der Waals surface area contributed by atoms with Gasteiger partial charge in [0.2, 0.25) is 5.91 Å². The van der Waals surface area contributed by atoms with Crippen molar-refractivity contribution in [3.63, 3.8) is 0 Å². The number of aromatic nitrogens is 2. The summed E-state index contributed by atoms with van der Waals surface area (Å²) >= 11 is 0. The maximum atomic E-state index is 13.9. The van der Waals surface area contributed by atoms with Crippen LogP contribution in [0.25, 0.3) is 0 Å². The van der Waals surface area contributed by atoms with Crippen molar-refractivity contribution in [1.82, 2.24) is 15.1 Å². The third-order valence-corrected chi connectivity index (χ3v) is 4.82. The average molecular weight is 333 g/mol. The molecule has 2 heterocycles. The van der Waals surface area contributed by atoms with E-state index in [2.05, 4.69) is 10.2 Å². The Morgan fingerprint density at radius 2 is 2.04 bits per heavy atom. The molecule has 4 nitrogen and oxygen atoms in total. The molecule has 1 aromatic heterocycles. The van der Waals surface area contributed by atoms with E-state index in [0.717, 1.165) is 17.0 Å². The number of aromatic amines is 1. The molecule has 1 unspecified atom stereocenters. The van der Waals surface area contributed by atoms with E-state index in [1.54, 1.807) is 4.90 Å². The molecule has 2 aromatic rings. The third-order valence-electron chi connectivity index (χ3n) is 4.82. The first-order valence-corrected chi connectivity index (χ1v) is 8.19. The molecule has 24 heavy (non-hydrogen) atoms. The first-order chi connectivity index (χ1) is 11.5. The number of halogens is 2. The van der Waals surface area contributed by atoms with E-state index >= 15 is 0 Å². The van der Waals surface area contributed by atoms with Gasteiger partial charge in [0.1, 0.15) is 11.6 Å². The highest BCUT2D eigenvalue weighted by atomic mass is 19.1. The number of aryl methyl sites for hydroxylation is 2. The zero-order chi connectivity index (χ0) is 17.3. The van der Waals surface area contributed by atoms with Crippen LogP contribution in [0.15, 0.2) is 18.2 Å². The fraction of sp³-hybridized carbons (Fsp3) is 0.444. The Morgan fingerprint density at radius 3 is 2.67 bits per heavy atom. The van der Waals surface area contributed by atoms with Gasteiger partial charge in [0, 0.05) is 36.7 Å². The Hall–Kier alpha value is -2.24. The van der Waals surface area contributed by atoms with E-state index in [4.69, 9.17) is 0 Å². The smallest absolute Gasteiger partial charge is 0.222 e. The van der Waals surface area contributed by atoms with Gasteiger partial charge in [-0.15, -0.1) is 0 Å². The summed E-state index contributed by atoms with van der Waals surface area (Å²) in [4.78, 5) is 14.1. The van der Waals surface area contributed by atoms with Crippen LogP contribution in [0.3, 0.4) is 0 Å². The van der Waals surface area contributed by atoms with E-state index < -0.39 is 11.6 Å². The van der Waals surface area contributed by atoms with Crippen LogP contribution in [0.5, 0.6) is 0 Å². The van der Waals surface area contributed by atoms with Gasteiger partial charge < -0.3 is 4.90 Å². The Balaban J connectivity index is 1.62. The number of nitrogens with zero attached hydrogens (tertiary/aromatic N) is 2. The summed E-state index contributed by atoms with van der Waals surface area (Å²) in [6, 6.07) is 3.91. The van der Waals surface area contributed by atoms with Crippen LogP contribution in [0.1, 0.15) is 41.3 Å². The zero-order valence-corrected chi connectivity index (χ0v) is 13.9. The Morgan fingerprint density at radius 1 is 1.33 bits per heavy atom. The Bertz CT molecular complexity index is 717. The molecule has 1 amide bonds. The largest absolute Gasteiger partial charge is 0.342 e. The normalized spacial score (nSPS) is 17.5. The number of hydrogen-bond donors (Lipinski definition) is 1. The van der Waals surface area contributed by atoms with Crippen LogP contribution < -0.4 is 0 Å². The van der Waals surface area contributed by atoms with Crippen LogP contribution in [-0.4, -0.2) is 34.1 Å². The van der Waals surface area contributed by atoms with Gasteiger partial charge in [-0.2, -0.15) is 5.10 Å². The van der Waals surface area contributed by atoms with Crippen molar-refractivity contribution in [3.8, 4) is 0 Å². The second-order valence-corrected chi connectivity index (χ2v) is 6.37. The minimum atomic E-state index is -0.529. The van der Waals surface area contributed by atoms with Gasteiger partial charge in [-0.05, 0) is 44.4 Å². The quantitative estimate of drug-likeness (QED) is 0.934. The minimum absolute atomic E-state index is 0.0225. The predicted octanol–water partition coefficient (Wildman–Crippen LogP) is 3.25. The van der Waals surface area contributed by atoms with Gasteiger partial charge in [0.05, 0.1) is 5.69 Å². The summed E-state index contributed by atoms with van der Waals surface area (Å²) in [6.45, 7) is 4.77. The van der Waals surface area contributed by atoms with E-state index in [1.165, 1.54) is 18.2 Å². The molecule has 0 radical (unpaired) electrons. The lowest BCUT2D eigenvalue weighted by atomic mass is 9.97. The number of hydrogen-bond acceptors (Lipinski definition) is 2. The Labute approximate surface area is 139 Å². The van der Waals surface area contributed by atoms with E-state index in [-0.39, 0.29) is 17.4 Å². The monoisotopic (exact) mass is 333 g/mol. The molecule has 0 bridgehead atoms. The molecule has 1 saturated heterocycles. The van der Waals surface area contributed by atoms with Crippen molar-refractivity contribution in [1.29, 1.82) is 0 Å². The zero-order valence-electron chi connectivity index (χ0n) is 13.9. The molecule has 0 aliphatic carbocycles. The molecule has 0 spiro atoms. The molecular formula is C18H21F2N3O. The van der Waals surface area contributed by atoms with Crippen LogP contribution in [0.4, 0.5) is 8.78 Å². The van der Waals surface area contributed by atoms with Gasteiger partial charge in [-0.3, -0.25) is 9.89 Å². The summed E-state index contributed by atoms with van der Waals surface area (Å²) < 4.78 is 27.8. The Kier molecular flexibility index (Phi) is 4.64. The maximum Gasteiger partial charge on any atom is 0.222 e. The standard InChI is InChI=1S/C18H21F2N3O/c1-11-14(12(2)22-21-11)6-7-17(24)23-9-8-13(10-23)18-15(19)4-3-5-16(18)20/h3-5,13H,6-10H2,1-2H3,(H,21,22). The molecule has 1 fully saturated rings. The number of likely N-dealkylation sites (tertiary alicyclic amines) is 1. The lowest BCUT2D eigenvalue weighted by Crippen LogP contribution is -2.28. The van der Waals surface area contributed by atoms with Crippen molar-refractivity contribution >= 4 is 5.91 Å². The number of rotatable bonds is 4. The molecule has 3 rings (SSSR count). The number of H-pyrrole nitrogens is 1. The third kappa shape index (κ3) is 3.18. The molecular weight excluding hydrogens is 312 g/mol. The maximum absolute atomic E-state index is 13.9. The number of carbonyl (C=O) groups excluding carboxylic acids is 1. The number of nitrogens with one attached hydrogen (secondary N) is 1. The first-order valence-electron chi connectivity index (χ1n) is 8.19. The molecule has 128 valence electrons. The lowest BCUT2D eigenvalue weighted by Gasteiger charge is -2.17.